The fourth-order valence-corrected chi connectivity index (χ4v) is 4.45. The molecule has 0 spiro atoms. The second-order valence-corrected chi connectivity index (χ2v) is 7.99. The van der Waals surface area contributed by atoms with Crippen LogP contribution in [0.1, 0.15) is 47.7 Å². The summed E-state index contributed by atoms with van der Waals surface area (Å²) < 4.78 is 0. The van der Waals surface area contributed by atoms with Crippen LogP contribution in [0.5, 0.6) is 0 Å². The molecule has 29 heavy (non-hydrogen) atoms. The van der Waals surface area contributed by atoms with E-state index in [4.69, 9.17) is 0 Å². The maximum Gasteiger partial charge on any atom is 0.253 e. The summed E-state index contributed by atoms with van der Waals surface area (Å²) in [6, 6.07) is 16.8. The average Bonchev–Trinajstić information content (AvgIpc) is 2.77. The zero-order chi connectivity index (χ0) is 20.2. The predicted octanol–water partition coefficient (Wildman–Crippen LogP) is 3.70. The molecule has 1 saturated heterocycles. The van der Waals surface area contributed by atoms with Crippen LogP contribution in [-0.2, 0) is 17.8 Å². The number of nitrogens with one attached hydrogen (secondary N) is 1. The van der Waals surface area contributed by atoms with Crippen molar-refractivity contribution < 1.29 is 9.59 Å². The molecule has 2 aromatic rings. The van der Waals surface area contributed by atoms with Gasteiger partial charge in [-0.2, -0.15) is 0 Å². The maximum absolute atomic E-state index is 13.0. The Morgan fingerprint density at radius 1 is 1.10 bits per heavy atom. The van der Waals surface area contributed by atoms with Gasteiger partial charge in [-0.05, 0) is 55.1 Å². The summed E-state index contributed by atoms with van der Waals surface area (Å²) in [5, 5.41) is 2.88. The third-order valence-electron chi connectivity index (χ3n) is 6.15. The molecule has 0 aromatic heterocycles. The lowest BCUT2D eigenvalue weighted by atomic mass is 9.98. The fraction of sp³-hybridized carbons (Fsp3) is 0.417. The third-order valence-corrected chi connectivity index (χ3v) is 6.15. The highest BCUT2D eigenvalue weighted by atomic mass is 16.2. The van der Waals surface area contributed by atoms with E-state index in [-0.39, 0.29) is 11.8 Å². The summed E-state index contributed by atoms with van der Waals surface area (Å²) in [7, 11) is 0. The number of fused-ring (bicyclic) bond motifs is 1. The van der Waals surface area contributed by atoms with Crippen molar-refractivity contribution in [1.29, 1.82) is 0 Å². The molecule has 1 N–H and O–H groups in total. The molecule has 0 unspecified atom stereocenters. The van der Waals surface area contributed by atoms with Crippen molar-refractivity contribution in [3.63, 3.8) is 0 Å². The van der Waals surface area contributed by atoms with Crippen molar-refractivity contribution in [3.8, 4) is 0 Å². The van der Waals surface area contributed by atoms with Gasteiger partial charge >= 0.3 is 0 Å². The quantitative estimate of drug-likeness (QED) is 0.846. The van der Waals surface area contributed by atoms with Gasteiger partial charge in [0.25, 0.3) is 5.91 Å². The Balaban J connectivity index is 1.36. The molecule has 5 nitrogen and oxygen atoms in total. The molecule has 0 radical (unpaired) electrons. The number of benzene rings is 2. The lowest BCUT2D eigenvalue weighted by Crippen LogP contribution is -2.46. The highest BCUT2D eigenvalue weighted by Crippen LogP contribution is 2.25. The number of hydrogen-bond donors (Lipinski definition) is 1. The summed E-state index contributed by atoms with van der Waals surface area (Å²) >= 11 is 0. The zero-order valence-electron chi connectivity index (χ0n) is 17.1. The molecular weight excluding hydrogens is 362 g/mol. The summed E-state index contributed by atoms with van der Waals surface area (Å²) in [4.78, 5) is 29.0. The smallest absolute Gasteiger partial charge is 0.253 e. The molecule has 152 valence electrons. The van der Waals surface area contributed by atoms with Crippen molar-refractivity contribution in [2.24, 2.45) is 0 Å². The minimum Gasteiger partial charge on any atom is -0.339 e. The van der Waals surface area contributed by atoms with Gasteiger partial charge in [-0.15, -0.1) is 0 Å². The first-order chi connectivity index (χ1) is 14.1. The summed E-state index contributed by atoms with van der Waals surface area (Å²) in [5.41, 5.74) is 3.98. The minimum atomic E-state index is 0.0506. The Morgan fingerprint density at radius 3 is 2.59 bits per heavy atom. The maximum atomic E-state index is 13.0. The Kier molecular flexibility index (Phi) is 5.95. The number of hydrogen-bond acceptors (Lipinski definition) is 3. The van der Waals surface area contributed by atoms with E-state index in [1.54, 1.807) is 0 Å². The SMILES string of the molecule is CCN(Cc1ccccc1)C1CCN(C(=O)c2ccc3c(c2)CCC(=O)N3)CC1. The second kappa shape index (κ2) is 8.78. The van der Waals surface area contributed by atoms with Gasteiger partial charge in [-0.3, -0.25) is 14.5 Å². The Bertz CT molecular complexity index is 873. The van der Waals surface area contributed by atoms with E-state index in [9.17, 15) is 9.59 Å². The molecule has 0 aliphatic carbocycles. The number of rotatable bonds is 5. The summed E-state index contributed by atoms with van der Waals surface area (Å²) in [6.07, 6.45) is 3.21. The van der Waals surface area contributed by atoms with E-state index in [0.717, 1.165) is 55.8 Å². The van der Waals surface area contributed by atoms with Crippen LogP contribution in [0.25, 0.3) is 0 Å². The Hall–Kier alpha value is -2.66. The molecule has 0 saturated carbocycles. The topological polar surface area (TPSA) is 52.7 Å². The number of carbonyl (C=O) groups excluding carboxylic acids is 2. The standard InChI is InChI=1S/C24H29N3O2/c1-2-26(17-18-6-4-3-5-7-18)21-12-14-27(15-13-21)24(29)20-8-10-22-19(16-20)9-11-23(28)25-22/h3-8,10,16,21H,2,9,11-15,17H2,1H3,(H,25,28). The monoisotopic (exact) mass is 391 g/mol. The van der Waals surface area contributed by atoms with E-state index in [0.29, 0.717) is 18.9 Å². The lowest BCUT2D eigenvalue weighted by Gasteiger charge is -2.38. The van der Waals surface area contributed by atoms with Gasteiger partial charge < -0.3 is 10.2 Å². The third kappa shape index (κ3) is 4.51. The van der Waals surface area contributed by atoms with Crippen molar-refractivity contribution in [3.05, 3.63) is 65.2 Å². The number of carbonyl (C=O) groups is 2. The zero-order valence-corrected chi connectivity index (χ0v) is 17.1. The van der Waals surface area contributed by atoms with Gasteiger partial charge in [0, 0.05) is 43.3 Å². The average molecular weight is 392 g/mol. The number of aryl methyl sites for hydroxylation is 1. The van der Waals surface area contributed by atoms with Gasteiger partial charge in [-0.25, -0.2) is 0 Å². The van der Waals surface area contributed by atoms with Crippen molar-refractivity contribution in [2.45, 2.75) is 45.2 Å². The molecular formula is C24H29N3O2. The van der Waals surface area contributed by atoms with Gasteiger partial charge in [-0.1, -0.05) is 37.3 Å². The fourth-order valence-electron chi connectivity index (χ4n) is 4.45. The first-order valence-corrected chi connectivity index (χ1v) is 10.6. The largest absolute Gasteiger partial charge is 0.339 e. The normalized spacial score (nSPS) is 17.2. The minimum absolute atomic E-state index is 0.0506. The Labute approximate surface area is 172 Å². The number of likely N-dealkylation sites (tertiary alicyclic amines) is 1. The summed E-state index contributed by atoms with van der Waals surface area (Å²) in [5.74, 6) is 0.156. The van der Waals surface area contributed by atoms with Crippen molar-refractivity contribution >= 4 is 17.5 Å². The lowest BCUT2D eigenvalue weighted by molar-refractivity contribution is -0.116. The molecule has 2 aliphatic rings. The first-order valence-electron chi connectivity index (χ1n) is 10.6. The molecule has 4 rings (SSSR count). The van der Waals surface area contributed by atoms with E-state index in [2.05, 4.69) is 47.5 Å². The van der Waals surface area contributed by atoms with E-state index in [1.165, 1.54) is 5.56 Å². The van der Waals surface area contributed by atoms with Gasteiger partial charge in [0.1, 0.15) is 0 Å². The number of nitrogens with zero attached hydrogens (tertiary/aromatic N) is 2. The van der Waals surface area contributed by atoms with Crippen LogP contribution in [0.4, 0.5) is 5.69 Å². The number of piperidine rings is 1. The van der Waals surface area contributed by atoms with Crippen LogP contribution in [0.15, 0.2) is 48.5 Å². The molecule has 2 heterocycles. The van der Waals surface area contributed by atoms with Crippen LogP contribution in [0.3, 0.4) is 0 Å². The highest BCUT2D eigenvalue weighted by Gasteiger charge is 2.27. The van der Waals surface area contributed by atoms with Crippen molar-refractivity contribution in [2.75, 3.05) is 25.0 Å². The van der Waals surface area contributed by atoms with Gasteiger partial charge in [0.15, 0.2) is 0 Å². The highest BCUT2D eigenvalue weighted by molar-refractivity contribution is 5.98. The molecule has 5 heteroatoms. The second-order valence-electron chi connectivity index (χ2n) is 7.99. The molecule has 0 atom stereocenters. The van der Waals surface area contributed by atoms with Crippen molar-refractivity contribution in [1.82, 2.24) is 9.80 Å². The number of anilines is 1. The van der Waals surface area contributed by atoms with Gasteiger partial charge in [0.05, 0.1) is 0 Å². The molecule has 0 bridgehead atoms. The molecule has 2 aliphatic heterocycles. The first kappa shape index (κ1) is 19.6. The predicted molar refractivity (Wildman–Crippen MR) is 115 cm³/mol. The van der Waals surface area contributed by atoms with Crippen LogP contribution in [0, 0.1) is 0 Å². The van der Waals surface area contributed by atoms with Gasteiger partial charge in [0.2, 0.25) is 5.91 Å². The van der Waals surface area contributed by atoms with Crippen LogP contribution in [0.2, 0.25) is 0 Å². The van der Waals surface area contributed by atoms with E-state index < -0.39 is 0 Å². The van der Waals surface area contributed by atoms with E-state index >= 15 is 0 Å². The van der Waals surface area contributed by atoms with Crippen LogP contribution < -0.4 is 5.32 Å². The molecule has 1 fully saturated rings. The molecule has 2 amide bonds. The van der Waals surface area contributed by atoms with E-state index in [1.807, 2.05) is 23.1 Å². The van der Waals surface area contributed by atoms with Crippen LogP contribution in [-0.4, -0.2) is 47.3 Å². The number of amides is 2. The summed E-state index contributed by atoms with van der Waals surface area (Å²) in [6.45, 7) is 5.79. The molecule has 2 aromatic carbocycles. The Morgan fingerprint density at radius 2 is 1.86 bits per heavy atom. The van der Waals surface area contributed by atoms with Crippen LogP contribution >= 0.6 is 0 Å².